The summed E-state index contributed by atoms with van der Waals surface area (Å²) in [6, 6.07) is 57.5. The van der Waals surface area contributed by atoms with Crippen molar-refractivity contribution in [3.8, 4) is 50.5 Å². The first-order chi connectivity index (χ1) is 24.5. The summed E-state index contributed by atoms with van der Waals surface area (Å²) in [6.07, 6.45) is 1.90. The summed E-state index contributed by atoms with van der Waals surface area (Å²) in [5, 5.41) is 6.61. The normalized spacial score (nSPS) is 13.2. The van der Waals surface area contributed by atoms with E-state index in [2.05, 4.69) is 156 Å². The highest BCUT2D eigenvalue weighted by atomic mass is 28.3. The molecular weight excluding hydrogens is 623 g/mol. The first-order valence-corrected chi connectivity index (χ1v) is 20.2. The third-order valence-corrected chi connectivity index (χ3v) is 14.2. The van der Waals surface area contributed by atoms with Gasteiger partial charge in [-0.15, -0.1) is 0 Å². The predicted octanol–water partition coefficient (Wildman–Crippen LogP) is 10.5. The lowest BCUT2D eigenvalue weighted by Crippen LogP contribution is -2.49. The van der Waals surface area contributed by atoms with Gasteiger partial charge >= 0.3 is 0 Å². The molecule has 0 amide bonds. The largest absolute Gasteiger partial charge is 0.309 e. The summed E-state index contributed by atoms with van der Waals surface area (Å²) in [5.41, 5.74) is 13.2. The molecule has 0 unspecified atom stereocenters. The summed E-state index contributed by atoms with van der Waals surface area (Å²) in [6.45, 7) is 4.97. The van der Waals surface area contributed by atoms with Gasteiger partial charge in [0.1, 0.15) is 8.07 Å². The number of rotatable bonds is 4. The quantitative estimate of drug-likeness (QED) is 0.177. The lowest BCUT2D eigenvalue weighted by atomic mass is 10.00. The van der Waals surface area contributed by atoms with Crippen LogP contribution in [-0.2, 0) is 0 Å². The molecule has 9 aromatic rings. The topological polar surface area (TPSA) is 30.7 Å². The molecule has 236 valence electrons. The van der Waals surface area contributed by atoms with Crippen LogP contribution in [0.2, 0.25) is 13.1 Å². The van der Waals surface area contributed by atoms with Crippen LogP contribution in [0.25, 0.3) is 83.2 Å². The fourth-order valence-corrected chi connectivity index (χ4v) is 11.2. The molecule has 0 saturated heterocycles. The Morgan fingerprint density at radius 2 is 1.16 bits per heavy atom. The standard InChI is InChI=1S/C46H33N3Si/c1-50(2)44-17-8-5-14-38(44)39-24-22-34(28-45(39)50)32-11-9-12-36(26-32)49-42-16-7-4-13-37(42)40-27-33(23-25-43(40)49)30-18-20-31(21-19-30)46-47-29-35-10-3-6-15-41(35)48-46/h3-29H,1-2H3. The molecule has 0 fully saturated rings. The maximum atomic E-state index is 4.80. The van der Waals surface area contributed by atoms with Crippen LogP contribution in [0.1, 0.15) is 0 Å². The smallest absolute Gasteiger partial charge is 0.159 e. The van der Waals surface area contributed by atoms with Crippen molar-refractivity contribution in [1.82, 2.24) is 14.5 Å². The van der Waals surface area contributed by atoms with E-state index in [-0.39, 0.29) is 0 Å². The average Bonchev–Trinajstić information content (AvgIpc) is 3.62. The van der Waals surface area contributed by atoms with E-state index >= 15 is 0 Å². The first kappa shape index (κ1) is 28.9. The monoisotopic (exact) mass is 655 g/mol. The fraction of sp³-hybridized carbons (Fsp3) is 0.0435. The average molecular weight is 656 g/mol. The van der Waals surface area contributed by atoms with E-state index in [9.17, 15) is 0 Å². The summed E-state index contributed by atoms with van der Waals surface area (Å²) in [7, 11) is -1.76. The zero-order valence-corrected chi connectivity index (χ0v) is 28.9. The molecule has 10 rings (SSSR count). The highest BCUT2D eigenvalue weighted by Crippen LogP contribution is 2.37. The van der Waals surface area contributed by atoms with Gasteiger partial charge in [0.2, 0.25) is 0 Å². The van der Waals surface area contributed by atoms with Crippen molar-refractivity contribution < 1.29 is 0 Å². The number of hydrogen-bond donors (Lipinski definition) is 0. The maximum absolute atomic E-state index is 4.80. The SMILES string of the molecule is C[Si]1(C)c2ccccc2-c2ccc(-c3cccc(-n4c5ccccc5c5cc(-c6ccc(-c7ncc8ccccc8n7)cc6)ccc54)c3)cc21. The lowest BCUT2D eigenvalue weighted by molar-refractivity contribution is 1.18. The minimum atomic E-state index is -1.76. The molecule has 0 saturated carbocycles. The van der Waals surface area contributed by atoms with Crippen molar-refractivity contribution in [1.29, 1.82) is 0 Å². The molecule has 3 heterocycles. The van der Waals surface area contributed by atoms with Crippen LogP contribution >= 0.6 is 0 Å². The summed E-state index contributed by atoms with van der Waals surface area (Å²) in [4.78, 5) is 9.43. The van der Waals surface area contributed by atoms with Gasteiger partial charge in [-0.05, 0) is 80.2 Å². The van der Waals surface area contributed by atoms with Crippen LogP contribution in [0, 0.1) is 0 Å². The molecule has 7 aromatic carbocycles. The van der Waals surface area contributed by atoms with E-state index in [0.717, 1.165) is 22.3 Å². The van der Waals surface area contributed by atoms with Crippen LogP contribution in [0.3, 0.4) is 0 Å². The zero-order valence-electron chi connectivity index (χ0n) is 27.9. The van der Waals surface area contributed by atoms with Crippen molar-refractivity contribution in [2.24, 2.45) is 0 Å². The minimum Gasteiger partial charge on any atom is -0.309 e. The molecule has 50 heavy (non-hydrogen) atoms. The van der Waals surface area contributed by atoms with E-state index in [0.29, 0.717) is 0 Å². The van der Waals surface area contributed by atoms with Crippen molar-refractivity contribution in [2.45, 2.75) is 13.1 Å². The zero-order chi connectivity index (χ0) is 33.4. The van der Waals surface area contributed by atoms with Gasteiger partial charge in [0, 0.05) is 33.6 Å². The van der Waals surface area contributed by atoms with Gasteiger partial charge in [-0.2, -0.15) is 0 Å². The van der Waals surface area contributed by atoms with E-state index in [1.807, 2.05) is 30.5 Å². The van der Waals surface area contributed by atoms with Crippen LogP contribution in [0.4, 0.5) is 0 Å². The molecule has 4 heteroatoms. The van der Waals surface area contributed by atoms with Gasteiger partial charge in [-0.25, -0.2) is 9.97 Å². The number of fused-ring (bicyclic) bond motifs is 7. The Hall–Kier alpha value is -6.10. The number of nitrogens with zero attached hydrogens (tertiary/aromatic N) is 3. The Kier molecular flexibility index (Phi) is 6.33. The van der Waals surface area contributed by atoms with Crippen molar-refractivity contribution in [3.05, 3.63) is 164 Å². The van der Waals surface area contributed by atoms with Crippen molar-refractivity contribution >= 4 is 51.2 Å². The first-order valence-electron chi connectivity index (χ1n) is 17.2. The van der Waals surface area contributed by atoms with E-state index in [1.165, 1.54) is 66.1 Å². The Labute approximate surface area is 292 Å². The number of benzene rings is 7. The summed E-state index contributed by atoms with van der Waals surface area (Å²) < 4.78 is 2.42. The molecule has 2 aromatic heterocycles. The molecule has 3 nitrogen and oxygen atoms in total. The Morgan fingerprint density at radius 3 is 2.08 bits per heavy atom. The van der Waals surface area contributed by atoms with E-state index in [4.69, 9.17) is 4.98 Å². The molecular formula is C46H33N3Si. The molecule has 0 aliphatic carbocycles. The molecule has 0 N–H and O–H groups in total. The second-order valence-corrected chi connectivity index (χ2v) is 18.2. The van der Waals surface area contributed by atoms with Crippen molar-refractivity contribution in [3.63, 3.8) is 0 Å². The highest BCUT2D eigenvalue weighted by Gasteiger charge is 2.37. The van der Waals surface area contributed by atoms with Crippen LogP contribution in [-0.4, -0.2) is 22.6 Å². The molecule has 0 atom stereocenters. The van der Waals surface area contributed by atoms with Gasteiger partial charge in [-0.3, -0.25) is 0 Å². The molecule has 0 spiro atoms. The van der Waals surface area contributed by atoms with Gasteiger partial charge in [0.15, 0.2) is 5.82 Å². The van der Waals surface area contributed by atoms with E-state index < -0.39 is 8.07 Å². The summed E-state index contributed by atoms with van der Waals surface area (Å²) in [5.74, 6) is 0.742. The number of hydrogen-bond acceptors (Lipinski definition) is 2. The second kappa shape index (κ2) is 11.0. The number of aromatic nitrogens is 3. The van der Waals surface area contributed by atoms with Gasteiger partial charge in [-0.1, -0.05) is 134 Å². The Morgan fingerprint density at radius 1 is 0.480 bits per heavy atom. The Bertz CT molecular complexity index is 2790. The third kappa shape index (κ3) is 4.42. The number of para-hydroxylation sites is 2. The van der Waals surface area contributed by atoms with Gasteiger partial charge in [0.05, 0.1) is 16.6 Å². The van der Waals surface area contributed by atoms with Crippen molar-refractivity contribution in [2.75, 3.05) is 0 Å². The van der Waals surface area contributed by atoms with Crippen LogP contribution in [0.15, 0.2) is 164 Å². The van der Waals surface area contributed by atoms with E-state index in [1.54, 1.807) is 5.19 Å². The predicted molar refractivity (Wildman–Crippen MR) is 212 cm³/mol. The fourth-order valence-electron chi connectivity index (χ4n) is 8.06. The molecule has 0 bridgehead atoms. The van der Waals surface area contributed by atoms with Crippen LogP contribution in [0.5, 0.6) is 0 Å². The van der Waals surface area contributed by atoms with Crippen LogP contribution < -0.4 is 10.4 Å². The molecule has 1 aliphatic rings. The van der Waals surface area contributed by atoms with Gasteiger partial charge < -0.3 is 4.57 Å². The second-order valence-electron chi connectivity index (χ2n) is 13.9. The lowest BCUT2D eigenvalue weighted by Gasteiger charge is -2.19. The van der Waals surface area contributed by atoms with Gasteiger partial charge in [0.25, 0.3) is 0 Å². The highest BCUT2D eigenvalue weighted by molar-refractivity contribution is 7.03. The Balaban J connectivity index is 1.04. The maximum Gasteiger partial charge on any atom is 0.159 e. The minimum absolute atomic E-state index is 0.742. The molecule has 1 aliphatic heterocycles. The third-order valence-electron chi connectivity index (χ3n) is 10.7. The summed E-state index contributed by atoms with van der Waals surface area (Å²) >= 11 is 0. The molecule has 0 radical (unpaired) electrons.